The lowest BCUT2D eigenvalue weighted by Crippen LogP contribution is -2.24. The summed E-state index contributed by atoms with van der Waals surface area (Å²) >= 11 is 0. The molecule has 110 valence electrons. The molecule has 0 radical (unpaired) electrons. The molecule has 3 heterocycles. The van der Waals surface area contributed by atoms with Gasteiger partial charge in [-0.15, -0.1) is 0 Å². The van der Waals surface area contributed by atoms with Gasteiger partial charge in [0.25, 0.3) is 0 Å². The normalized spacial score (nSPS) is 11.0. The van der Waals surface area contributed by atoms with Crippen LogP contribution in [0.5, 0.6) is 0 Å². The van der Waals surface area contributed by atoms with Crippen molar-refractivity contribution < 1.29 is 4.42 Å². The van der Waals surface area contributed by atoms with E-state index in [1.165, 1.54) is 0 Å². The van der Waals surface area contributed by atoms with Gasteiger partial charge in [0.2, 0.25) is 5.95 Å². The molecule has 0 fully saturated rings. The van der Waals surface area contributed by atoms with E-state index in [1.54, 1.807) is 12.6 Å². The Morgan fingerprint density at radius 1 is 1.33 bits per heavy atom. The zero-order chi connectivity index (χ0) is 14.7. The van der Waals surface area contributed by atoms with E-state index in [0.717, 1.165) is 30.2 Å². The Kier molecular flexibility index (Phi) is 3.72. The summed E-state index contributed by atoms with van der Waals surface area (Å²) < 4.78 is 5.43. The van der Waals surface area contributed by atoms with Crippen LogP contribution >= 0.6 is 0 Å². The van der Waals surface area contributed by atoms with Gasteiger partial charge in [0, 0.05) is 13.1 Å². The third-order valence-corrected chi connectivity index (χ3v) is 3.21. The summed E-state index contributed by atoms with van der Waals surface area (Å²) in [5.41, 5.74) is 1.50. The Labute approximate surface area is 122 Å². The second-order valence-corrected chi connectivity index (χ2v) is 4.60. The molecule has 3 aromatic heterocycles. The molecule has 2 N–H and O–H groups in total. The molecule has 7 heteroatoms. The summed E-state index contributed by atoms with van der Waals surface area (Å²) in [6.07, 6.45) is 3.32. The van der Waals surface area contributed by atoms with Crippen LogP contribution in [-0.2, 0) is 6.54 Å². The van der Waals surface area contributed by atoms with Crippen LogP contribution in [0, 0.1) is 0 Å². The van der Waals surface area contributed by atoms with E-state index in [1.807, 2.05) is 19.1 Å². The standard InChI is InChI=1S/C14H18N6O/c1-3-15-14-18-12-11(16-9-17-12)13(19-14)20(4-2)8-10-6-5-7-21-10/h5-7,9H,3-4,8H2,1-2H3,(H2,15,16,17,18,19). The van der Waals surface area contributed by atoms with Crippen molar-refractivity contribution in [2.75, 3.05) is 23.3 Å². The van der Waals surface area contributed by atoms with Crippen molar-refractivity contribution in [1.82, 2.24) is 19.9 Å². The lowest BCUT2D eigenvalue weighted by molar-refractivity contribution is 0.503. The molecule has 7 nitrogen and oxygen atoms in total. The number of imidazole rings is 1. The number of hydrogen-bond acceptors (Lipinski definition) is 6. The van der Waals surface area contributed by atoms with E-state index < -0.39 is 0 Å². The Bertz CT molecular complexity index is 705. The first kappa shape index (κ1) is 13.4. The zero-order valence-electron chi connectivity index (χ0n) is 12.1. The molecule has 0 aliphatic carbocycles. The zero-order valence-corrected chi connectivity index (χ0v) is 12.1. The molecule has 3 aromatic rings. The molecule has 3 rings (SSSR count). The Hall–Kier alpha value is -2.57. The maximum absolute atomic E-state index is 5.43. The number of fused-ring (bicyclic) bond motifs is 1. The molecule has 0 saturated carbocycles. The predicted octanol–water partition coefficient (Wildman–Crippen LogP) is 2.40. The van der Waals surface area contributed by atoms with Crippen molar-refractivity contribution in [3.05, 3.63) is 30.5 Å². The molecule has 0 aromatic carbocycles. The summed E-state index contributed by atoms with van der Waals surface area (Å²) in [6.45, 7) is 6.32. The van der Waals surface area contributed by atoms with E-state index in [4.69, 9.17) is 4.42 Å². The molecule has 21 heavy (non-hydrogen) atoms. The third kappa shape index (κ3) is 2.67. The topological polar surface area (TPSA) is 82.9 Å². The quantitative estimate of drug-likeness (QED) is 0.724. The minimum Gasteiger partial charge on any atom is -0.467 e. The van der Waals surface area contributed by atoms with Crippen molar-refractivity contribution in [1.29, 1.82) is 0 Å². The van der Waals surface area contributed by atoms with Gasteiger partial charge in [0.15, 0.2) is 11.5 Å². The number of nitrogens with one attached hydrogen (secondary N) is 2. The first-order chi connectivity index (χ1) is 10.3. The monoisotopic (exact) mass is 286 g/mol. The van der Waals surface area contributed by atoms with Crippen molar-refractivity contribution in [3.63, 3.8) is 0 Å². The third-order valence-electron chi connectivity index (χ3n) is 3.21. The van der Waals surface area contributed by atoms with Gasteiger partial charge in [-0.05, 0) is 26.0 Å². The molecule has 0 amide bonds. The number of nitrogens with zero attached hydrogens (tertiary/aromatic N) is 4. The molecule has 0 aliphatic heterocycles. The summed E-state index contributed by atoms with van der Waals surface area (Å²) in [7, 11) is 0. The average molecular weight is 286 g/mol. The lowest BCUT2D eigenvalue weighted by atomic mass is 10.3. The number of hydrogen-bond donors (Lipinski definition) is 2. The second-order valence-electron chi connectivity index (χ2n) is 4.60. The van der Waals surface area contributed by atoms with Crippen molar-refractivity contribution >= 4 is 22.9 Å². The maximum atomic E-state index is 5.43. The number of aromatic nitrogens is 4. The SMILES string of the molecule is CCNc1nc(N(CC)Cc2ccco2)c2[nH]cnc2n1. The fraction of sp³-hybridized carbons (Fsp3) is 0.357. The first-order valence-corrected chi connectivity index (χ1v) is 7.04. The van der Waals surface area contributed by atoms with E-state index in [9.17, 15) is 0 Å². The molecule has 0 aliphatic rings. The largest absolute Gasteiger partial charge is 0.467 e. The Morgan fingerprint density at radius 2 is 2.24 bits per heavy atom. The van der Waals surface area contributed by atoms with Gasteiger partial charge in [-0.1, -0.05) is 0 Å². The smallest absolute Gasteiger partial charge is 0.226 e. The summed E-state index contributed by atoms with van der Waals surface area (Å²) in [4.78, 5) is 18.5. The average Bonchev–Trinajstić information content (AvgIpc) is 3.15. The molecule has 0 atom stereocenters. The molecule has 0 saturated heterocycles. The second kappa shape index (κ2) is 5.82. The fourth-order valence-electron chi connectivity index (χ4n) is 2.21. The van der Waals surface area contributed by atoms with Crippen molar-refractivity contribution in [3.8, 4) is 0 Å². The van der Waals surface area contributed by atoms with E-state index in [-0.39, 0.29) is 0 Å². The van der Waals surface area contributed by atoms with Gasteiger partial charge in [-0.3, -0.25) is 0 Å². The Balaban J connectivity index is 2.01. The van der Waals surface area contributed by atoms with Gasteiger partial charge in [0.1, 0.15) is 11.3 Å². The highest BCUT2D eigenvalue weighted by molar-refractivity contribution is 5.84. The van der Waals surface area contributed by atoms with Crippen LogP contribution in [0.1, 0.15) is 19.6 Å². The maximum Gasteiger partial charge on any atom is 0.226 e. The number of aromatic amines is 1. The number of rotatable bonds is 6. The minimum absolute atomic E-state index is 0.588. The van der Waals surface area contributed by atoms with Crippen LogP contribution < -0.4 is 10.2 Å². The van der Waals surface area contributed by atoms with Crippen LogP contribution in [-0.4, -0.2) is 33.0 Å². The van der Waals surface area contributed by atoms with Crippen LogP contribution in [0.4, 0.5) is 11.8 Å². The van der Waals surface area contributed by atoms with Gasteiger partial charge < -0.3 is 19.6 Å². The van der Waals surface area contributed by atoms with E-state index >= 15 is 0 Å². The predicted molar refractivity (Wildman–Crippen MR) is 81.3 cm³/mol. The van der Waals surface area contributed by atoms with E-state index in [0.29, 0.717) is 18.1 Å². The lowest BCUT2D eigenvalue weighted by Gasteiger charge is -2.21. The van der Waals surface area contributed by atoms with E-state index in [2.05, 4.69) is 37.1 Å². The molecule has 0 unspecified atom stereocenters. The molecule has 0 bridgehead atoms. The van der Waals surface area contributed by atoms with Crippen molar-refractivity contribution in [2.45, 2.75) is 20.4 Å². The van der Waals surface area contributed by atoms with Crippen LogP contribution in [0.2, 0.25) is 0 Å². The highest BCUT2D eigenvalue weighted by Crippen LogP contribution is 2.24. The minimum atomic E-state index is 0.588. The summed E-state index contributed by atoms with van der Waals surface area (Å²) in [6, 6.07) is 3.85. The Morgan fingerprint density at radius 3 is 2.95 bits per heavy atom. The van der Waals surface area contributed by atoms with Crippen LogP contribution in [0.3, 0.4) is 0 Å². The fourth-order valence-corrected chi connectivity index (χ4v) is 2.21. The highest BCUT2D eigenvalue weighted by atomic mass is 16.3. The van der Waals surface area contributed by atoms with Gasteiger partial charge >= 0.3 is 0 Å². The van der Waals surface area contributed by atoms with Crippen molar-refractivity contribution in [2.24, 2.45) is 0 Å². The van der Waals surface area contributed by atoms with Gasteiger partial charge in [-0.25, -0.2) is 4.98 Å². The van der Waals surface area contributed by atoms with Gasteiger partial charge in [-0.2, -0.15) is 9.97 Å². The summed E-state index contributed by atoms with van der Waals surface area (Å²) in [5.74, 6) is 2.31. The highest BCUT2D eigenvalue weighted by Gasteiger charge is 2.16. The van der Waals surface area contributed by atoms with Crippen LogP contribution in [0.15, 0.2) is 29.1 Å². The summed E-state index contributed by atoms with van der Waals surface area (Å²) in [5, 5.41) is 3.14. The number of anilines is 2. The molecular formula is C14H18N6O. The molecule has 0 spiro atoms. The number of furan rings is 1. The molecular weight excluding hydrogens is 268 g/mol. The first-order valence-electron chi connectivity index (χ1n) is 7.04. The number of H-pyrrole nitrogens is 1. The van der Waals surface area contributed by atoms with Crippen LogP contribution in [0.25, 0.3) is 11.2 Å². The van der Waals surface area contributed by atoms with Gasteiger partial charge in [0.05, 0.1) is 19.1 Å².